The third-order valence-electron chi connectivity index (χ3n) is 2.68. The van der Waals surface area contributed by atoms with Gasteiger partial charge in [-0.05, 0) is 53.7 Å². The minimum absolute atomic E-state index is 0.433. The molecule has 2 heteroatoms. The highest BCUT2D eigenvalue weighted by molar-refractivity contribution is 9.10. The molecule has 1 aromatic carbocycles. The highest BCUT2D eigenvalue weighted by Crippen LogP contribution is 2.28. The van der Waals surface area contributed by atoms with Crippen LogP contribution in [0.15, 0.2) is 28.7 Å². The smallest absolute Gasteiger partial charge is 0.133 e. The fourth-order valence-corrected chi connectivity index (χ4v) is 2.28. The monoisotopic (exact) mass is 254 g/mol. The zero-order valence-corrected chi connectivity index (χ0v) is 9.79. The van der Waals surface area contributed by atoms with Crippen molar-refractivity contribution in [1.29, 1.82) is 0 Å². The zero-order chi connectivity index (χ0) is 9.80. The van der Waals surface area contributed by atoms with Gasteiger partial charge in [-0.1, -0.05) is 18.6 Å². The molecule has 2 rings (SSSR count). The maximum Gasteiger partial charge on any atom is 0.133 e. The number of rotatable bonds is 2. The summed E-state index contributed by atoms with van der Waals surface area (Å²) in [6, 6.07) is 8.08. The van der Waals surface area contributed by atoms with Gasteiger partial charge in [0, 0.05) is 0 Å². The summed E-state index contributed by atoms with van der Waals surface area (Å²) in [7, 11) is 0. The quantitative estimate of drug-likeness (QED) is 0.770. The van der Waals surface area contributed by atoms with Gasteiger partial charge in [0.1, 0.15) is 5.75 Å². The molecule has 0 heterocycles. The van der Waals surface area contributed by atoms with E-state index in [4.69, 9.17) is 4.74 Å². The Hall–Kier alpha value is -0.500. The molecule has 1 aliphatic carbocycles. The van der Waals surface area contributed by atoms with Crippen molar-refractivity contribution in [2.75, 3.05) is 0 Å². The number of halogens is 1. The molecule has 76 valence electrons. The van der Waals surface area contributed by atoms with Crippen LogP contribution in [0.3, 0.4) is 0 Å². The van der Waals surface area contributed by atoms with Crippen molar-refractivity contribution in [3.8, 4) is 5.75 Å². The molecule has 0 saturated heterocycles. The lowest BCUT2D eigenvalue weighted by molar-refractivity contribution is 0.154. The minimum atomic E-state index is 0.433. The van der Waals surface area contributed by atoms with Crippen LogP contribution in [0.25, 0.3) is 0 Å². The van der Waals surface area contributed by atoms with E-state index in [0.717, 1.165) is 10.2 Å². The van der Waals surface area contributed by atoms with E-state index >= 15 is 0 Å². The predicted molar refractivity (Wildman–Crippen MR) is 61.6 cm³/mol. The molecule has 0 unspecified atom stereocenters. The number of hydrogen-bond acceptors (Lipinski definition) is 1. The van der Waals surface area contributed by atoms with Gasteiger partial charge in [0.05, 0.1) is 10.6 Å². The first-order valence-corrected chi connectivity index (χ1v) is 6.07. The van der Waals surface area contributed by atoms with Gasteiger partial charge in [0.2, 0.25) is 0 Å². The Bertz CT molecular complexity index is 292. The summed E-state index contributed by atoms with van der Waals surface area (Å²) in [6.07, 6.45) is 6.85. The third kappa shape index (κ3) is 2.50. The Morgan fingerprint density at radius 3 is 2.50 bits per heavy atom. The molecule has 14 heavy (non-hydrogen) atoms. The first kappa shape index (κ1) is 10.0. The molecule has 0 atom stereocenters. The van der Waals surface area contributed by atoms with Crippen molar-refractivity contribution in [1.82, 2.24) is 0 Å². The molecule has 0 aromatic heterocycles. The van der Waals surface area contributed by atoms with Gasteiger partial charge >= 0.3 is 0 Å². The van der Waals surface area contributed by atoms with E-state index in [-0.39, 0.29) is 0 Å². The maximum absolute atomic E-state index is 5.94. The first-order chi connectivity index (χ1) is 6.86. The van der Waals surface area contributed by atoms with Gasteiger partial charge in [0.25, 0.3) is 0 Å². The first-order valence-electron chi connectivity index (χ1n) is 5.27. The molecule has 1 aliphatic rings. The Kier molecular flexibility index (Phi) is 3.46. The summed E-state index contributed by atoms with van der Waals surface area (Å²) in [5.74, 6) is 0.986. The van der Waals surface area contributed by atoms with Crippen LogP contribution >= 0.6 is 15.9 Å². The Balaban J connectivity index is 1.99. The summed E-state index contributed by atoms with van der Waals surface area (Å²) >= 11 is 3.50. The Morgan fingerprint density at radius 2 is 1.79 bits per heavy atom. The molecule has 0 bridgehead atoms. The summed E-state index contributed by atoms with van der Waals surface area (Å²) in [5.41, 5.74) is 0. The largest absolute Gasteiger partial charge is 0.489 e. The van der Waals surface area contributed by atoms with E-state index in [1.54, 1.807) is 0 Å². The van der Waals surface area contributed by atoms with Crippen molar-refractivity contribution in [2.24, 2.45) is 0 Å². The van der Waals surface area contributed by atoms with E-state index in [0.29, 0.717) is 6.10 Å². The normalized spacial score (nSPS) is 18.1. The van der Waals surface area contributed by atoms with Gasteiger partial charge in [-0.15, -0.1) is 0 Å². The molecule has 1 fully saturated rings. The van der Waals surface area contributed by atoms with Crippen LogP contribution in [-0.2, 0) is 0 Å². The van der Waals surface area contributed by atoms with Gasteiger partial charge in [-0.25, -0.2) is 0 Å². The second-order valence-corrected chi connectivity index (χ2v) is 4.66. The van der Waals surface area contributed by atoms with Crippen molar-refractivity contribution in [2.45, 2.75) is 38.2 Å². The molecule has 1 saturated carbocycles. The molecule has 0 N–H and O–H groups in total. The van der Waals surface area contributed by atoms with Gasteiger partial charge < -0.3 is 4.74 Å². The van der Waals surface area contributed by atoms with Crippen LogP contribution in [0.4, 0.5) is 0 Å². The molecular weight excluding hydrogens is 240 g/mol. The molecule has 0 amide bonds. The maximum atomic E-state index is 5.94. The molecule has 0 aliphatic heterocycles. The van der Waals surface area contributed by atoms with Crippen molar-refractivity contribution < 1.29 is 4.74 Å². The van der Waals surface area contributed by atoms with Crippen LogP contribution in [-0.4, -0.2) is 6.10 Å². The average Bonchev–Trinajstić information content (AvgIpc) is 2.23. The highest BCUT2D eigenvalue weighted by atomic mass is 79.9. The minimum Gasteiger partial charge on any atom is -0.489 e. The van der Waals surface area contributed by atoms with E-state index in [1.807, 2.05) is 24.3 Å². The second-order valence-electron chi connectivity index (χ2n) is 3.81. The summed E-state index contributed by atoms with van der Waals surface area (Å²) in [5, 5.41) is 0. The lowest BCUT2D eigenvalue weighted by atomic mass is 9.98. The summed E-state index contributed by atoms with van der Waals surface area (Å²) in [4.78, 5) is 0. The Labute approximate surface area is 93.6 Å². The molecular formula is C12H15BrO. The van der Waals surface area contributed by atoms with Crippen LogP contribution in [0.5, 0.6) is 5.75 Å². The van der Waals surface area contributed by atoms with Gasteiger partial charge in [0.15, 0.2) is 0 Å². The van der Waals surface area contributed by atoms with Crippen LogP contribution < -0.4 is 4.74 Å². The molecule has 0 radical (unpaired) electrons. The van der Waals surface area contributed by atoms with E-state index in [2.05, 4.69) is 15.9 Å². The standard InChI is InChI=1S/C12H15BrO/c13-11-8-4-5-9-12(11)14-10-6-2-1-3-7-10/h4-5,8-10H,1-3,6-7H2. The van der Waals surface area contributed by atoms with Crippen LogP contribution in [0.2, 0.25) is 0 Å². The molecule has 1 nitrogen and oxygen atoms in total. The fourth-order valence-electron chi connectivity index (χ4n) is 1.90. The summed E-state index contributed by atoms with van der Waals surface area (Å²) in [6.45, 7) is 0. The van der Waals surface area contributed by atoms with Gasteiger partial charge in [-0.2, -0.15) is 0 Å². The average molecular weight is 255 g/mol. The lowest BCUT2D eigenvalue weighted by Crippen LogP contribution is -2.19. The topological polar surface area (TPSA) is 9.23 Å². The lowest BCUT2D eigenvalue weighted by Gasteiger charge is -2.23. The van der Waals surface area contributed by atoms with Crippen molar-refractivity contribution in [3.05, 3.63) is 28.7 Å². The van der Waals surface area contributed by atoms with Crippen LogP contribution in [0, 0.1) is 0 Å². The van der Waals surface area contributed by atoms with E-state index in [1.165, 1.54) is 32.1 Å². The third-order valence-corrected chi connectivity index (χ3v) is 3.34. The van der Waals surface area contributed by atoms with Gasteiger partial charge in [-0.3, -0.25) is 0 Å². The number of hydrogen-bond donors (Lipinski definition) is 0. The molecule has 0 spiro atoms. The SMILES string of the molecule is Brc1ccccc1OC1CCCCC1. The Morgan fingerprint density at radius 1 is 1.07 bits per heavy atom. The van der Waals surface area contributed by atoms with Crippen molar-refractivity contribution >= 4 is 15.9 Å². The van der Waals surface area contributed by atoms with E-state index in [9.17, 15) is 0 Å². The second kappa shape index (κ2) is 4.83. The van der Waals surface area contributed by atoms with E-state index < -0.39 is 0 Å². The zero-order valence-electron chi connectivity index (χ0n) is 8.21. The van der Waals surface area contributed by atoms with Crippen molar-refractivity contribution in [3.63, 3.8) is 0 Å². The fraction of sp³-hybridized carbons (Fsp3) is 0.500. The summed E-state index contributed by atoms with van der Waals surface area (Å²) < 4.78 is 7.00. The number of para-hydroxylation sites is 1. The number of ether oxygens (including phenoxy) is 1. The van der Waals surface area contributed by atoms with Crippen LogP contribution in [0.1, 0.15) is 32.1 Å². The molecule has 1 aromatic rings. The highest BCUT2D eigenvalue weighted by Gasteiger charge is 2.15. The number of benzene rings is 1. The predicted octanol–water partition coefficient (Wildman–Crippen LogP) is 4.16.